The molecule has 2 aromatic carbocycles. The molecular formula is C16H19NO. The zero-order valence-corrected chi connectivity index (χ0v) is 10.9. The van der Waals surface area contributed by atoms with Crippen molar-refractivity contribution in [3.05, 3.63) is 64.7 Å². The molecule has 18 heavy (non-hydrogen) atoms. The summed E-state index contributed by atoms with van der Waals surface area (Å²) in [4.78, 5) is 0. The van der Waals surface area contributed by atoms with Gasteiger partial charge in [-0.25, -0.2) is 0 Å². The van der Waals surface area contributed by atoms with Gasteiger partial charge in [-0.15, -0.1) is 0 Å². The highest BCUT2D eigenvalue weighted by atomic mass is 16.5. The fourth-order valence-corrected chi connectivity index (χ4v) is 2.04. The van der Waals surface area contributed by atoms with Crippen molar-refractivity contribution in [3.63, 3.8) is 0 Å². The molecule has 2 rings (SSSR count). The van der Waals surface area contributed by atoms with E-state index in [4.69, 9.17) is 10.5 Å². The maximum absolute atomic E-state index is 5.90. The highest BCUT2D eigenvalue weighted by Crippen LogP contribution is 2.21. The zero-order chi connectivity index (χ0) is 13.0. The van der Waals surface area contributed by atoms with E-state index in [1.807, 2.05) is 24.3 Å². The Bertz CT molecular complexity index is 514. The SMILES string of the molecule is Cc1cccc(C)c1COc1ccccc1CN. The summed E-state index contributed by atoms with van der Waals surface area (Å²) in [7, 11) is 0. The summed E-state index contributed by atoms with van der Waals surface area (Å²) in [5.74, 6) is 0.877. The van der Waals surface area contributed by atoms with Gasteiger partial charge in [-0.05, 0) is 36.6 Å². The van der Waals surface area contributed by atoms with Crippen molar-refractivity contribution in [2.24, 2.45) is 5.73 Å². The van der Waals surface area contributed by atoms with Gasteiger partial charge in [0.15, 0.2) is 0 Å². The van der Waals surface area contributed by atoms with Crippen molar-refractivity contribution in [1.29, 1.82) is 0 Å². The molecule has 2 heteroatoms. The van der Waals surface area contributed by atoms with Gasteiger partial charge in [0.1, 0.15) is 12.4 Å². The molecule has 0 fully saturated rings. The molecule has 94 valence electrons. The summed E-state index contributed by atoms with van der Waals surface area (Å²) in [5, 5.41) is 0. The van der Waals surface area contributed by atoms with E-state index in [0.717, 1.165) is 11.3 Å². The van der Waals surface area contributed by atoms with Crippen LogP contribution in [0.15, 0.2) is 42.5 Å². The van der Waals surface area contributed by atoms with Gasteiger partial charge in [0, 0.05) is 12.1 Å². The maximum Gasteiger partial charge on any atom is 0.124 e. The number of rotatable bonds is 4. The van der Waals surface area contributed by atoms with E-state index in [1.165, 1.54) is 16.7 Å². The lowest BCUT2D eigenvalue weighted by Gasteiger charge is -2.13. The summed E-state index contributed by atoms with van der Waals surface area (Å²) in [6.07, 6.45) is 0. The number of nitrogens with two attached hydrogens (primary N) is 1. The topological polar surface area (TPSA) is 35.2 Å². The Morgan fingerprint density at radius 3 is 2.28 bits per heavy atom. The molecule has 0 atom stereocenters. The van der Waals surface area contributed by atoms with Gasteiger partial charge < -0.3 is 10.5 Å². The van der Waals surface area contributed by atoms with Crippen LogP contribution in [0, 0.1) is 13.8 Å². The van der Waals surface area contributed by atoms with Crippen LogP contribution in [0.1, 0.15) is 22.3 Å². The molecule has 0 aliphatic heterocycles. The lowest BCUT2D eigenvalue weighted by Crippen LogP contribution is -2.04. The number of aryl methyl sites for hydroxylation is 2. The van der Waals surface area contributed by atoms with Crippen LogP contribution >= 0.6 is 0 Å². The van der Waals surface area contributed by atoms with Gasteiger partial charge in [0.05, 0.1) is 0 Å². The quantitative estimate of drug-likeness (QED) is 0.891. The first-order valence-corrected chi connectivity index (χ1v) is 6.18. The molecule has 0 amide bonds. The van der Waals surface area contributed by atoms with E-state index in [2.05, 4.69) is 32.0 Å². The van der Waals surface area contributed by atoms with Crippen molar-refractivity contribution in [2.75, 3.05) is 0 Å². The third-order valence-electron chi connectivity index (χ3n) is 3.21. The maximum atomic E-state index is 5.90. The fourth-order valence-electron chi connectivity index (χ4n) is 2.04. The number of para-hydroxylation sites is 1. The van der Waals surface area contributed by atoms with Crippen LogP contribution in [0.25, 0.3) is 0 Å². The molecule has 0 unspecified atom stereocenters. The van der Waals surface area contributed by atoms with E-state index in [9.17, 15) is 0 Å². The average Bonchev–Trinajstić information content (AvgIpc) is 2.38. The third kappa shape index (κ3) is 2.71. The predicted octanol–water partition coefficient (Wildman–Crippen LogP) is 3.34. The van der Waals surface area contributed by atoms with E-state index in [0.29, 0.717) is 13.2 Å². The summed E-state index contributed by atoms with van der Waals surface area (Å²) < 4.78 is 5.90. The molecular weight excluding hydrogens is 222 g/mol. The van der Waals surface area contributed by atoms with Gasteiger partial charge in [-0.3, -0.25) is 0 Å². The van der Waals surface area contributed by atoms with E-state index >= 15 is 0 Å². The van der Waals surface area contributed by atoms with Crippen LogP contribution in [0.2, 0.25) is 0 Å². The Morgan fingerprint density at radius 1 is 0.944 bits per heavy atom. The Morgan fingerprint density at radius 2 is 1.61 bits per heavy atom. The first-order valence-electron chi connectivity index (χ1n) is 6.18. The smallest absolute Gasteiger partial charge is 0.124 e. The van der Waals surface area contributed by atoms with Crippen LogP contribution in [0.3, 0.4) is 0 Å². The molecule has 0 heterocycles. The molecule has 0 saturated heterocycles. The van der Waals surface area contributed by atoms with E-state index < -0.39 is 0 Å². The minimum absolute atomic E-state index is 0.503. The first-order chi connectivity index (χ1) is 8.72. The molecule has 0 aliphatic carbocycles. The van der Waals surface area contributed by atoms with Crippen LogP contribution in [0.5, 0.6) is 5.75 Å². The lowest BCUT2D eigenvalue weighted by molar-refractivity contribution is 0.301. The van der Waals surface area contributed by atoms with E-state index in [-0.39, 0.29) is 0 Å². The largest absolute Gasteiger partial charge is 0.489 e. The van der Waals surface area contributed by atoms with Crippen molar-refractivity contribution < 1.29 is 4.74 Å². The minimum atomic E-state index is 0.503. The Hall–Kier alpha value is -1.80. The minimum Gasteiger partial charge on any atom is -0.489 e. The highest BCUT2D eigenvalue weighted by molar-refractivity contribution is 5.36. The molecule has 0 saturated carbocycles. The van der Waals surface area contributed by atoms with Crippen LogP contribution in [0.4, 0.5) is 0 Å². The molecule has 0 aliphatic rings. The van der Waals surface area contributed by atoms with Crippen molar-refractivity contribution in [2.45, 2.75) is 27.0 Å². The van der Waals surface area contributed by atoms with Gasteiger partial charge in [-0.2, -0.15) is 0 Å². The highest BCUT2D eigenvalue weighted by Gasteiger charge is 2.05. The Kier molecular flexibility index (Phi) is 4.00. The van der Waals surface area contributed by atoms with Crippen LogP contribution in [-0.2, 0) is 13.2 Å². The summed E-state index contributed by atoms with van der Waals surface area (Å²) in [6.45, 7) is 5.32. The monoisotopic (exact) mass is 241 g/mol. The summed E-state index contributed by atoms with van der Waals surface area (Å²) >= 11 is 0. The Balaban J connectivity index is 2.16. The average molecular weight is 241 g/mol. The second-order valence-corrected chi connectivity index (χ2v) is 4.47. The molecule has 2 N–H and O–H groups in total. The molecule has 2 aromatic rings. The first kappa shape index (κ1) is 12.7. The Labute approximate surface area is 108 Å². The summed E-state index contributed by atoms with van der Waals surface area (Å²) in [6, 6.07) is 14.2. The van der Waals surface area contributed by atoms with E-state index in [1.54, 1.807) is 0 Å². The third-order valence-corrected chi connectivity index (χ3v) is 3.21. The summed E-state index contributed by atoms with van der Waals surface area (Å²) in [5.41, 5.74) is 10.5. The number of benzene rings is 2. The second kappa shape index (κ2) is 5.69. The zero-order valence-electron chi connectivity index (χ0n) is 10.9. The van der Waals surface area contributed by atoms with Crippen LogP contribution in [-0.4, -0.2) is 0 Å². The molecule has 0 bridgehead atoms. The standard InChI is InChI=1S/C16H19NO/c1-12-6-5-7-13(2)15(12)11-18-16-9-4-3-8-14(16)10-17/h3-9H,10-11,17H2,1-2H3. The van der Waals surface area contributed by atoms with Gasteiger partial charge in [0.25, 0.3) is 0 Å². The number of hydrogen-bond acceptors (Lipinski definition) is 2. The van der Waals surface area contributed by atoms with Crippen molar-refractivity contribution in [1.82, 2.24) is 0 Å². The fraction of sp³-hybridized carbons (Fsp3) is 0.250. The van der Waals surface area contributed by atoms with Gasteiger partial charge in [-0.1, -0.05) is 36.4 Å². The van der Waals surface area contributed by atoms with Gasteiger partial charge >= 0.3 is 0 Å². The second-order valence-electron chi connectivity index (χ2n) is 4.47. The molecule has 0 spiro atoms. The number of hydrogen-bond donors (Lipinski definition) is 1. The normalized spacial score (nSPS) is 10.4. The molecule has 0 radical (unpaired) electrons. The van der Waals surface area contributed by atoms with Crippen molar-refractivity contribution >= 4 is 0 Å². The van der Waals surface area contributed by atoms with Crippen molar-refractivity contribution in [3.8, 4) is 5.75 Å². The van der Waals surface area contributed by atoms with Gasteiger partial charge in [0.2, 0.25) is 0 Å². The predicted molar refractivity (Wildman–Crippen MR) is 74.6 cm³/mol. The molecule has 0 aromatic heterocycles. The molecule has 2 nitrogen and oxygen atoms in total. The van der Waals surface area contributed by atoms with Crippen LogP contribution < -0.4 is 10.5 Å². The number of ether oxygens (including phenoxy) is 1. The lowest BCUT2D eigenvalue weighted by atomic mass is 10.0.